The molecule has 1 amide bonds. The molecule has 0 radical (unpaired) electrons. The van der Waals surface area contributed by atoms with E-state index in [1.54, 1.807) is 0 Å². The fraction of sp³-hybridized carbons (Fsp3) is 0.938. The Hall–Kier alpha value is -0.570. The van der Waals surface area contributed by atoms with Crippen LogP contribution < -0.4 is 5.73 Å². The molecule has 1 aliphatic heterocycles. The molecular weight excluding hydrogens is 236 g/mol. The van der Waals surface area contributed by atoms with E-state index in [2.05, 4.69) is 25.7 Å². The van der Waals surface area contributed by atoms with Gasteiger partial charge < -0.3 is 10.6 Å². The Bertz CT molecular complexity index is 313. The van der Waals surface area contributed by atoms with Gasteiger partial charge in [0.2, 0.25) is 5.91 Å². The summed E-state index contributed by atoms with van der Waals surface area (Å²) < 4.78 is 0. The summed E-state index contributed by atoms with van der Waals surface area (Å²) in [7, 11) is 0. The van der Waals surface area contributed by atoms with Crippen molar-refractivity contribution in [3.63, 3.8) is 0 Å². The number of carbonyl (C=O) groups is 1. The van der Waals surface area contributed by atoms with Crippen molar-refractivity contribution < 1.29 is 4.79 Å². The first-order chi connectivity index (χ1) is 8.88. The maximum atomic E-state index is 12.3. The van der Waals surface area contributed by atoms with Crippen molar-refractivity contribution in [2.75, 3.05) is 13.1 Å². The van der Waals surface area contributed by atoms with E-state index in [4.69, 9.17) is 5.73 Å². The number of rotatable bonds is 2. The molecule has 0 bridgehead atoms. The molecule has 1 saturated heterocycles. The standard InChI is InChI=1S/C16H30N2O/c1-16(2,3)13-7-9-18(10-8-13)15(19)11-12-5-4-6-14(12)17/h12-14H,4-11,17H2,1-3H3/t12-,14+/m0/s1. The molecular formula is C16H30N2O. The van der Waals surface area contributed by atoms with Gasteiger partial charge in [0.15, 0.2) is 0 Å². The molecule has 0 spiro atoms. The summed E-state index contributed by atoms with van der Waals surface area (Å²) >= 11 is 0. The lowest BCUT2D eigenvalue weighted by Gasteiger charge is -2.39. The minimum absolute atomic E-state index is 0.260. The van der Waals surface area contributed by atoms with Gasteiger partial charge in [0.1, 0.15) is 0 Å². The highest BCUT2D eigenvalue weighted by molar-refractivity contribution is 5.76. The molecule has 3 heteroatoms. The summed E-state index contributed by atoms with van der Waals surface area (Å²) in [5, 5.41) is 0. The largest absolute Gasteiger partial charge is 0.343 e. The van der Waals surface area contributed by atoms with E-state index >= 15 is 0 Å². The summed E-state index contributed by atoms with van der Waals surface area (Å²) in [4.78, 5) is 14.4. The molecule has 0 aromatic carbocycles. The van der Waals surface area contributed by atoms with Crippen LogP contribution in [-0.2, 0) is 4.79 Å². The monoisotopic (exact) mass is 266 g/mol. The molecule has 0 aromatic rings. The zero-order chi connectivity index (χ0) is 14.0. The first-order valence-corrected chi connectivity index (χ1v) is 7.91. The average molecular weight is 266 g/mol. The molecule has 2 N–H and O–H groups in total. The summed E-state index contributed by atoms with van der Waals surface area (Å²) in [5.74, 6) is 1.54. The van der Waals surface area contributed by atoms with Crippen LogP contribution in [0.1, 0.15) is 59.3 Å². The van der Waals surface area contributed by atoms with Crippen LogP contribution in [0.3, 0.4) is 0 Å². The number of piperidine rings is 1. The quantitative estimate of drug-likeness (QED) is 0.835. The Balaban J connectivity index is 1.79. The van der Waals surface area contributed by atoms with Gasteiger partial charge in [-0.15, -0.1) is 0 Å². The molecule has 2 rings (SSSR count). The molecule has 2 atom stereocenters. The molecule has 1 aliphatic carbocycles. The normalized spacial score (nSPS) is 29.8. The van der Waals surface area contributed by atoms with Gasteiger partial charge in [0, 0.05) is 25.6 Å². The number of amides is 1. The third-order valence-electron chi connectivity index (χ3n) is 5.23. The van der Waals surface area contributed by atoms with Crippen molar-refractivity contribution in [3.8, 4) is 0 Å². The Morgan fingerprint density at radius 1 is 1.16 bits per heavy atom. The number of carbonyl (C=O) groups excluding carboxylic acids is 1. The van der Waals surface area contributed by atoms with E-state index in [1.165, 1.54) is 6.42 Å². The minimum Gasteiger partial charge on any atom is -0.343 e. The Labute approximate surface area is 117 Å². The average Bonchev–Trinajstić information content (AvgIpc) is 2.74. The summed E-state index contributed by atoms with van der Waals surface area (Å²) in [5.41, 5.74) is 6.44. The van der Waals surface area contributed by atoms with Crippen LogP contribution in [0, 0.1) is 17.3 Å². The second-order valence-electron chi connectivity index (χ2n) is 7.58. The van der Waals surface area contributed by atoms with Gasteiger partial charge in [-0.05, 0) is 42.9 Å². The van der Waals surface area contributed by atoms with Crippen molar-refractivity contribution in [2.45, 2.75) is 65.3 Å². The summed E-state index contributed by atoms with van der Waals surface area (Å²) in [6.07, 6.45) is 6.44. The molecule has 1 saturated carbocycles. The third-order valence-corrected chi connectivity index (χ3v) is 5.23. The zero-order valence-corrected chi connectivity index (χ0v) is 12.8. The molecule has 3 nitrogen and oxygen atoms in total. The Morgan fingerprint density at radius 2 is 1.79 bits per heavy atom. The van der Waals surface area contributed by atoms with Crippen LogP contribution in [0.4, 0.5) is 0 Å². The lowest BCUT2D eigenvalue weighted by atomic mass is 9.75. The lowest BCUT2D eigenvalue weighted by Crippen LogP contribution is -2.42. The van der Waals surface area contributed by atoms with Crippen LogP contribution in [-0.4, -0.2) is 29.9 Å². The van der Waals surface area contributed by atoms with E-state index in [-0.39, 0.29) is 6.04 Å². The van der Waals surface area contributed by atoms with Gasteiger partial charge in [-0.2, -0.15) is 0 Å². The first kappa shape index (κ1) is 14.8. The van der Waals surface area contributed by atoms with Crippen LogP contribution in [0.25, 0.3) is 0 Å². The van der Waals surface area contributed by atoms with Gasteiger partial charge >= 0.3 is 0 Å². The number of likely N-dealkylation sites (tertiary alicyclic amines) is 1. The highest BCUT2D eigenvalue weighted by Gasteiger charge is 2.32. The number of hydrogen-bond acceptors (Lipinski definition) is 2. The van der Waals surface area contributed by atoms with Gasteiger partial charge in [-0.25, -0.2) is 0 Å². The van der Waals surface area contributed by atoms with Crippen molar-refractivity contribution in [1.82, 2.24) is 4.90 Å². The highest BCUT2D eigenvalue weighted by Crippen LogP contribution is 2.35. The van der Waals surface area contributed by atoms with Gasteiger partial charge in [0.05, 0.1) is 0 Å². The number of nitrogens with zero attached hydrogens (tertiary/aromatic N) is 1. The summed E-state index contributed by atoms with van der Waals surface area (Å²) in [6.45, 7) is 8.83. The van der Waals surface area contributed by atoms with Crippen LogP contribution in [0.15, 0.2) is 0 Å². The molecule has 2 fully saturated rings. The first-order valence-electron chi connectivity index (χ1n) is 7.91. The minimum atomic E-state index is 0.260. The van der Waals surface area contributed by atoms with Gasteiger partial charge in [0.25, 0.3) is 0 Å². The van der Waals surface area contributed by atoms with E-state index < -0.39 is 0 Å². The topological polar surface area (TPSA) is 46.3 Å². The molecule has 110 valence electrons. The highest BCUT2D eigenvalue weighted by atomic mass is 16.2. The van der Waals surface area contributed by atoms with Crippen LogP contribution in [0.5, 0.6) is 0 Å². The second kappa shape index (κ2) is 5.82. The number of nitrogens with two attached hydrogens (primary N) is 1. The van der Waals surface area contributed by atoms with Crippen molar-refractivity contribution in [2.24, 2.45) is 23.0 Å². The number of hydrogen-bond donors (Lipinski definition) is 1. The van der Waals surface area contributed by atoms with Gasteiger partial charge in [-0.1, -0.05) is 27.2 Å². The maximum absolute atomic E-state index is 12.3. The zero-order valence-electron chi connectivity index (χ0n) is 12.8. The maximum Gasteiger partial charge on any atom is 0.222 e. The lowest BCUT2D eigenvalue weighted by molar-refractivity contribution is -0.134. The predicted octanol–water partition coefficient (Wildman–Crippen LogP) is 2.79. The fourth-order valence-electron chi connectivity index (χ4n) is 3.67. The van der Waals surface area contributed by atoms with Crippen LogP contribution >= 0.6 is 0 Å². The fourth-order valence-corrected chi connectivity index (χ4v) is 3.67. The molecule has 19 heavy (non-hydrogen) atoms. The smallest absolute Gasteiger partial charge is 0.222 e. The molecule has 2 aliphatic rings. The molecule has 1 heterocycles. The van der Waals surface area contributed by atoms with E-state index in [0.717, 1.165) is 44.7 Å². The predicted molar refractivity (Wildman–Crippen MR) is 78.7 cm³/mol. The SMILES string of the molecule is CC(C)(C)C1CCN(C(=O)C[C@@H]2CCC[C@H]2N)CC1. The van der Waals surface area contributed by atoms with E-state index in [1.807, 2.05) is 0 Å². The van der Waals surface area contributed by atoms with Gasteiger partial charge in [-0.3, -0.25) is 4.79 Å². The Morgan fingerprint density at radius 3 is 2.26 bits per heavy atom. The molecule has 0 aromatic heterocycles. The second-order valence-corrected chi connectivity index (χ2v) is 7.58. The van der Waals surface area contributed by atoms with Crippen LogP contribution in [0.2, 0.25) is 0 Å². The molecule has 0 unspecified atom stereocenters. The van der Waals surface area contributed by atoms with E-state index in [9.17, 15) is 4.79 Å². The Kier molecular flexibility index (Phi) is 4.54. The summed E-state index contributed by atoms with van der Waals surface area (Å²) in [6, 6.07) is 0.260. The third kappa shape index (κ3) is 3.71. The van der Waals surface area contributed by atoms with Crippen molar-refractivity contribution >= 4 is 5.91 Å². The van der Waals surface area contributed by atoms with Crippen molar-refractivity contribution in [1.29, 1.82) is 0 Å². The van der Waals surface area contributed by atoms with E-state index in [0.29, 0.717) is 23.7 Å². The van der Waals surface area contributed by atoms with Crippen molar-refractivity contribution in [3.05, 3.63) is 0 Å².